The van der Waals surface area contributed by atoms with E-state index in [-0.39, 0.29) is 30.6 Å². The summed E-state index contributed by atoms with van der Waals surface area (Å²) in [6, 6.07) is 24.3. The lowest BCUT2D eigenvalue weighted by Gasteiger charge is -2.41. The van der Waals surface area contributed by atoms with Crippen LogP contribution in [-0.2, 0) is 34.0 Å². The molecule has 0 aliphatic carbocycles. The van der Waals surface area contributed by atoms with Gasteiger partial charge >= 0.3 is 0 Å². The van der Waals surface area contributed by atoms with E-state index in [4.69, 9.17) is 9.47 Å². The third kappa shape index (κ3) is 11.2. The summed E-state index contributed by atoms with van der Waals surface area (Å²) >= 11 is 0. The molecule has 0 bridgehead atoms. The van der Waals surface area contributed by atoms with Gasteiger partial charge in [-0.05, 0) is 35.2 Å². The largest absolute Gasteiger partial charge is 0.392 e. The van der Waals surface area contributed by atoms with Gasteiger partial charge in [-0.2, -0.15) is 0 Å². The van der Waals surface area contributed by atoms with Crippen LogP contribution in [0, 0.1) is 5.92 Å². The van der Waals surface area contributed by atoms with Gasteiger partial charge in [-0.3, -0.25) is 4.79 Å². The quantitative estimate of drug-likeness (QED) is 0.0855. The summed E-state index contributed by atoms with van der Waals surface area (Å²) in [4.78, 5) is 17.1. The van der Waals surface area contributed by atoms with E-state index in [0.717, 1.165) is 46.1 Å². The average Bonchev–Trinajstić information content (AvgIpc) is 3.56. The fraction of sp³-hybridized carbons (Fsp3) is 0.535. The first-order chi connectivity index (χ1) is 24.6. The molecule has 2 N–H and O–H groups in total. The van der Waals surface area contributed by atoms with Crippen molar-refractivity contribution < 1.29 is 19.4 Å². The van der Waals surface area contributed by atoms with Gasteiger partial charge in [-0.25, -0.2) is 4.98 Å². The third-order valence-electron chi connectivity index (χ3n) is 10.3. The number of aliphatic hydroxyl groups excluding tert-OH is 1. The molecule has 0 radical (unpaired) electrons. The van der Waals surface area contributed by atoms with Crippen molar-refractivity contribution in [1.82, 2.24) is 14.9 Å². The molecule has 1 fully saturated rings. The summed E-state index contributed by atoms with van der Waals surface area (Å²) in [5.41, 5.74) is 5.97. The number of para-hydroxylation sites is 2. The van der Waals surface area contributed by atoms with Gasteiger partial charge in [0.15, 0.2) is 6.29 Å². The first-order valence-electron chi connectivity index (χ1n) is 19.3. The van der Waals surface area contributed by atoms with E-state index >= 15 is 0 Å². The summed E-state index contributed by atoms with van der Waals surface area (Å²) in [5, 5.41) is 12.7. The zero-order valence-corrected chi connectivity index (χ0v) is 30.4. The lowest BCUT2D eigenvalue weighted by molar-refractivity contribution is -0.276. The van der Waals surface area contributed by atoms with Crippen molar-refractivity contribution in [1.29, 1.82) is 0 Å². The monoisotopic (exact) mass is 681 g/mol. The Kier molecular flexibility index (Phi) is 15.4. The SMILES string of the molecule is CCCCCCCCCCCCCCCC(=O)NCc1ccc(C2O[C@H](Cn3cnc4ccccc43)[C@H](C)[C@H](c3ccc(CO)cc3)O2)cc1. The number of benzene rings is 3. The number of rotatable bonds is 21. The van der Waals surface area contributed by atoms with Crippen molar-refractivity contribution in [2.45, 2.75) is 142 Å². The lowest BCUT2D eigenvalue weighted by atomic mass is 9.90. The van der Waals surface area contributed by atoms with Crippen LogP contribution in [-0.4, -0.2) is 26.7 Å². The van der Waals surface area contributed by atoms with E-state index in [0.29, 0.717) is 19.5 Å². The van der Waals surface area contributed by atoms with Crippen molar-refractivity contribution in [2.24, 2.45) is 5.92 Å². The van der Waals surface area contributed by atoms with Gasteiger partial charge in [0.2, 0.25) is 5.91 Å². The van der Waals surface area contributed by atoms with E-state index < -0.39 is 6.29 Å². The number of carbonyl (C=O) groups is 1. The topological polar surface area (TPSA) is 85.6 Å². The second-order valence-electron chi connectivity index (χ2n) is 14.2. The van der Waals surface area contributed by atoms with Crippen LogP contribution in [0.2, 0.25) is 0 Å². The van der Waals surface area contributed by atoms with E-state index in [2.05, 4.69) is 46.9 Å². The standard InChI is InChI=1S/C43H59N3O4/c1-3-4-5-6-7-8-9-10-11-12-13-14-15-20-41(48)44-29-34-21-27-37(28-22-34)43-49-40(30-46-32-45-38-18-16-17-19-39(38)46)33(2)42(50-43)36-25-23-35(31-47)24-26-36/h16-19,21-28,32-33,40,42-43,47H,3-15,20,29-31H2,1-2H3,(H,44,48)/t33-,40+,42+,43?/m0/s1. The molecular formula is C43H59N3O4. The molecule has 0 spiro atoms. The van der Waals surface area contributed by atoms with Crippen molar-refractivity contribution in [3.05, 3.63) is 101 Å². The van der Waals surface area contributed by atoms with Gasteiger partial charge in [0.25, 0.3) is 0 Å². The van der Waals surface area contributed by atoms with Gasteiger partial charge in [0.1, 0.15) is 0 Å². The molecular weight excluding hydrogens is 622 g/mol. The second kappa shape index (κ2) is 20.4. The molecule has 4 atom stereocenters. The van der Waals surface area contributed by atoms with Crippen molar-refractivity contribution in [3.63, 3.8) is 0 Å². The maximum absolute atomic E-state index is 12.6. The maximum atomic E-state index is 12.6. The number of aromatic nitrogens is 2. The van der Waals surface area contributed by atoms with Gasteiger partial charge in [-0.1, -0.05) is 152 Å². The smallest absolute Gasteiger partial charge is 0.220 e. The fourth-order valence-corrected chi connectivity index (χ4v) is 7.06. The third-order valence-corrected chi connectivity index (χ3v) is 10.3. The molecule has 3 aromatic carbocycles. The summed E-state index contributed by atoms with van der Waals surface area (Å²) in [6.07, 6.45) is 18.6. The number of carbonyl (C=O) groups excluding carboxylic acids is 1. The summed E-state index contributed by atoms with van der Waals surface area (Å²) < 4.78 is 15.5. The van der Waals surface area contributed by atoms with Gasteiger partial charge in [0.05, 0.1) is 42.7 Å². The number of imidazole rings is 1. The molecule has 1 saturated heterocycles. The second-order valence-corrected chi connectivity index (χ2v) is 14.2. The van der Waals surface area contributed by atoms with Crippen LogP contribution in [0.5, 0.6) is 0 Å². The number of hydrogen-bond donors (Lipinski definition) is 2. The first-order valence-corrected chi connectivity index (χ1v) is 19.3. The highest BCUT2D eigenvalue weighted by Crippen LogP contribution is 2.42. The molecule has 5 rings (SSSR count). The van der Waals surface area contributed by atoms with E-state index in [1.807, 2.05) is 60.9 Å². The predicted octanol–water partition coefficient (Wildman–Crippen LogP) is 10.1. The number of nitrogens with zero attached hydrogens (tertiary/aromatic N) is 2. The van der Waals surface area contributed by atoms with Crippen LogP contribution in [0.4, 0.5) is 0 Å². The van der Waals surface area contributed by atoms with E-state index in [1.54, 1.807) is 0 Å². The van der Waals surface area contributed by atoms with Crippen molar-refractivity contribution >= 4 is 16.9 Å². The van der Waals surface area contributed by atoms with E-state index in [1.165, 1.54) is 70.6 Å². The number of fused-ring (bicyclic) bond motifs is 1. The highest BCUT2D eigenvalue weighted by Gasteiger charge is 2.38. The number of nitrogens with one attached hydrogen (secondary N) is 1. The predicted molar refractivity (Wildman–Crippen MR) is 201 cm³/mol. The summed E-state index contributed by atoms with van der Waals surface area (Å²) in [5.74, 6) is 0.187. The first kappa shape index (κ1) is 37.7. The summed E-state index contributed by atoms with van der Waals surface area (Å²) in [7, 11) is 0. The Bertz CT molecular complexity index is 1550. The maximum Gasteiger partial charge on any atom is 0.220 e. The van der Waals surface area contributed by atoms with Crippen molar-refractivity contribution in [3.8, 4) is 0 Å². The normalized spacial score (nSPS) is 19.2. The highest BCUT2D eigenvalue weighted by molar-refractivity contribution is 5.76. The van der Waals surface area contributed by atoms with Crippen LogP contribution in [0.25, 0.3) is 11.0 Å². The Morgan fingerprint density at radius 1 is 0.760 bits per heavy atom. The Morgan fingerprint density at radius 3 is 2.02 bits per heavy atom. The summed E-state index contributed by atoms with van der Waals surface area (Å²) in [6.45, 7) is 5.62. The molecule has 0 saturated carbocycles. The van der Waals surface area contributed by atoms with Gasteiger partial charge in [-0.15, -0.1) is 0 Å². The zero-order chi connectivity index (χ0) is 35.0. The molecule has 1 aromatic heterocycles. The lowest BCUT2D eigenvalue weighted by Crippen LogP contribution is -2.39. The van der Waals surface area contributed by atoms with Crippen molar-refractivity contribution in [2.75, 3.05) is 0 Å². The molecule has 1 aliphatic heterocycles. The van der Waals surface area contributed by atoms with E-state index in [9.17, 15) is 9.90 Å². The molecule has 7 nitrogen and oxygen atoms in total. The molecule has 2 heterocycles. The minimum atomic E-state index is -0.548. The minimum absolute atomic E-state index is 0.00959. The fourth-order valence-electron chi connectivity index (χ4n) is 7.06. The number of amides is 1. The molecule has 1 unspecified atom stereocenters. The van der Waals surface area contributed by atoms with Crippen LogP contribution < -0.4 is 5.32 Å². The van der Waals surface area contributed by atoms with Crippen LogP contribution in [0.1, 0.15) is 138 Å². The Labute approximate surface area is 299 Å². The molecule has 270 valence electrons. The number of ether oxygens (including phenoxy) is 2. The number of aliphatic hydroxyl groups is 1. The molecule has 1 aliphatic rings. The molecule has 1 amide bonds. The van der Waals surface area contributed by atoms with Crippen LogP contribution in [0.3, 0.4) is 0 Å². The van der Waals surface area contributed by atoms with Gasteiger partial charge in [0, 0.05) is 24.4 Å². The van der Waals surface area contributed by atoms with Crippen LogP contribution >= 0.6 is 0 Å². The Balaban J connectivity index is 1.08. The molecule has 7 heteroatoms. The van der Waals surface area contributed by atoms with Crippen LogP contribution in [0.15, 0.2) is 79.1 Å². The molecule has 4 aromatic rings. The highest BCUT2D eigenvalue weighted by atomic mass is 16.7. The minimum Gasteiger partial charge on any atom is -0.392 e. The van der Waals surface area contributed by atoms with Gasteiger partial charge < -0.3 is 24.5 Å². The number of unbranched alkanes of at least 4 members (excludes halogenated alkanes) is 12. The average molecular weight is 682 g/mol. The zero-order valence-electron chi connectivity index (χ0n) is 30.4. The number of hydrogen-bond acceptors (Lipinski definition) is 5. The molecule has 50 heavy (non-hydrogen) atoms. The Morgan fingerprint density at radius 2 is 1.36 bits per heavy atom. The Hall–Kier alpha value is -3.52.